The molecule has 1 amide bonds. The Morgan fingerprint density at radius 1 is 1.29 bits per heavy atom. The number of rotatable bonds is 4. The normalized spacial score (nSPS) is 21.0. The molecule has 0 saturated carbocycles. The second-order valence-electron chi connectivity index (χ2n) is 8.28. The van der Waals surface area contributed by atoms with Gasteiger partial charge in [-0.1, -0.05) is 0 Å². The number of nitrogens with zero attached hydrogens (tertiary/aromatic N) is 4. The van der Waals surface area contributed by atoms with E-state index < -0.39 is 23.8 Å². The second-order valence-corrected chi connectivity index (χ2v) is 8.28. The Kier molecular flexibility index (Phi) is 5.71. The van der Waals surface area contributed by atoms with Gasteiger partial charge < -0.3 is 14.8 Å². The molecule has 1 fully saturated rings. The van der Waals surface area contributed by atoms with E-state index in [0.29, 0.717) is 32.6 Å². The number of aromatic nitrogens is 2. The molecule has 8 nitrogen and oxygen atoms in total. The lowest BCUT2D eigenvalue weighted by Crippen LogP contribution is -2.60. The first-order chi connectivity index (χ1) is 13.2. The molecule has 0 bridgehead atoms. The third kappa shape index (κ3) is 4.18. The van der Waals surface area contributed by atoms with E-state index in [9.17, 15) is 19.8 Å². The van der Waals surface area contributed by atoms with Crippen molar-refractivity contribution < 1.29 is 15.0 Å². The van der Waals surface area contributed by atoms with Gasteiger partial charge in [-0.15, -0.1) is 0 Å². The Morgan fingerprint density at radius 2 is 2.04 bits per heavy atom. The standard InChI is InChI=1S/C20H28N4O4/c1-20(2,3)24(19(27)28)16-8-10-22(13-17(16)25)11-12-23-15-5-4-9-21-14(15)6-7-18(23)26/h4-7,9,16-17,25H,8,10-13H2,1-3H3,(H,27,28)/t16-,17+/m0/s1. The van der Waals surface area contributed by atoms with Gasteiger partial charge in [0.05, 0.1) is 23.2 Å². The van der Waals surface area contributed by atoms with Crippen LogP contribution in [0.1, 0.15) is 27.2 Å². The molecule has 28 heavy (non-hydrogen) atoms. The van der Waals surface area contributed by atoms with Crippen LogP contribution in [0, 0.1) is 0 Å². The van der Waals surface area contributed by atoms with Crippen molar-refractivity contribution in [3.05, 3.63) is 40.8 Å². The highest BCUT2D eigenvalue weighted by atomic mass is 16.4. The number of likely N-dealkylation sites (tertiary alicyclic amines) is 1. The lowest BCUT2D eigenvalue weighted by Gasteiger charge is -2.45. The molecule has 2 aromatic heterocycles. The largest absolute Gasteiger partial charge is 0.465 e. The van der Waals surface area contributed by atoms with Crippen molar-refractivity contribution in [2.75, 3.05) is 19.6 Å². The average Bonchev–Trinajstić information content (AvgIpc) is 2.61. The van der Waals surface area contributed by atoms with Gasteiger partial charge in [0.2, 0.25) is 0 Å². The number of hydrogen-bond acceptors (Lipinski definition) is 5. The van der Waals surface area contributed by atoms with Gasteiger partial charge in [-0.05, 0) is 45.4 Å². The van der Waals surface area contributed by atoms with Crippen LogP contribution >= 0.6 is 0 Å². The SMILES string of the molecule is CC(C)(C)N(C(=O)O)[C@H]1CCN(CCn2c(=O)ccc3ncccc32)C[C@H]1O. The van der Waals surface area contributed by atoms with Crippen LogP contribution < -0.4 is 5.56 Å². The number of β-amino-alcohol motifs (C(OH)–C–C–N with tert-alkyl or cyclic N) is 1. The lowest BCUT2D eigenvalue weighted by molar-refractivity contribution is -0.0354. The fraction of sp³-hybridized carbons (Fsp3) is 0.550. The van der Waals surface area contributed by atoms with Gasteiger partial charge in [0.25, 0.3) is 5.56 Å². The molecule has 2 N–H and O–H groups in total. The van der Waals surface area contributed by atoms with Crippen LogP contribution in [-0.2, 0) is 6.54 Å². The van der Waals surface area contributed by atoms with E-state index >= 15 is 0 Å². The lowest BCUT2D eigenvalue weighted by atomic mass is 9.95. The number of hydrogen-bond donors (Lipinski definition) is 2. The third-order valence-corrected chi connectivity index (χ3v) is 5.29. The Hall–Kier alpha value is -2.45. The first-order valence-electron chi connectivity index (χ1n) is 9.56. The molecule has 3 rings (SSSR count). The van der Waals surface area contributed by atoms with Crippen molar-refractivity contribution in [2.24, 2.45) is 0 Å². The molecule has 1 aliphatic heterocycles. The fourth-order valence-corrected chi connectivity index (χ4v) is 4.01. The number of carboxylic acid groups (broad SMARTS) is 1. The molecule has 8 heteroatoms. The molecule has 1 aliphatic rings. The van der Waals surface area contributed by atoms with Crippen molar-refractivity contribution in [1.29, 1.82) is 0 Å². The van der Waals surface area contributed by atoms with Crippen molar-refractivity contribution in [2.45, 2.75) is 51.4 Å². The number of aliphatic hydroxyl groups excluding tert-OH is 1. The first-order valence-corrected chi connectivity index (χ1v) is 9.56. The van der Waals surface area contributed by atoms with Gasteiger partial charge in [-0.3, -0.25) is 19.6 Å². The van der Waals surface area contributed by atoms with E-state index in [4.69, 9.17) is 0 Å². The van der Waals surface area contributed by atoms with Crippen LogP contribution in [-0.4, -0.2) is 73.0 Å². The summed E-state index contributed by atoms with van der Waals surface area (Å²) in [6.07, 6.45) is 0.466. The highest BCUT2D eigenvalue weighted by Crippen LogP contribution is 2.25. The van der Waals surface area contributed by atoms with E-state index in [0.717, 1.165) is 11.0 Å². The monoisotopic (exact) mass is 388 g/mol. The molecular formula is C20H28N4O4. The van der Waals surface area contributed by atoms with Gasteiger partial charge in [-0.25, -0.2) is 4.79 Å². The number of amides is 1. The summed E-state index contributed by atoms with van der Waals surface area (Å²) < 4.78 is 1.69. The Labute approximate surface area is 164 Å². The van der Waals surface area contributed by atoms with Crippen LogP contribution in [0.4, 0.5) is 4.79 Å². The maximum Gasteiger partial charge on any atom is 0.408 e. The average molecular weight is 388 g/mol. The minimum atomic E-state index is -1.01. The maximum atomic E-state index is 12.3. The first kappa shape index (κ1) is 20.3. The molecule has 0 aromatic carbocycles. The highest BCUT2D eigenvalue weighted by molar-refractivity contribution is 5.73. The molecule has 2 aromatic rings. The Morgan fingerprint density at radius 3 is 2.68 bits per heavy atom. The minimum Gasteiger partial charge on any atom is -0.465 e. The van der Waals surface area contributed by atoms with Gasteiger partial charge >= 0.3 is 6.09 Å². The molecule has 1 saturated heterocycles. The molecular weight excluding hydrogens is 360 g/mol. The number of aliphatic hydroxyl groups is 1. The summed E-state index contributed by atoms with van der Waals surface area (Å²) in [6, 6.07) is 6.48. The van der Waals surface area contributed by atoms with Gasteiger partial charge in [0.15, 0.2) is 0 Å². The smallest absolute Gasteiger partial charge is 0.408 e. The van der Waals surface area contributed by atoms with Crippen LogP contribution in [0.3, 0.4) is 0 Å². The number of fused-ring (bicyclic) bond motifs is 1. The number of carbonyl (C=O) groups is 1. The maximum absolute atomic E-state index is 12.3. The van der Waals surface area contributed by atoms with Crippen molar-refractivity contribution >= 4 is 17.1 Å². The van der Waals surface area contributed by atoms with E-state index in [1.54, 1.807) is 22.9 Å². The molecule has 152 valence electrons. The predicted molar refractivity (Wildman–Crippen MR) is 106 cm³/mol. The molecule has 0 unspecified atom stereocenters. The second kappa shape index (κ2) is 7.89. The quantitative estimate of drug-likeness (QED) is 0.826. The summed E-state index contributed by atoms with van der Waals surface area (Å²) in [5.74, 6) is 0. The topological polar surface area (TPSA) is 98.9 Å². The molecule has 2 atom stereocenters. The summed E-state index contributed by atoms with van der Waals surface area (Å²) in [4.78, 5) is 31.7. The van der Waals surface area contributed by atoms with Crippen LogP contribution in [0.5, 0.6) is 0 Å². The Balaban J connectivity index is 1.69. The molecule has 0 aliphatic carbocycles. The third-order valence-electron chi connectivity index (χ3n) is 5.29. The summed E-state index contributed by atoms with van der Waals surface area (Å²) in [5.41, 5.74) is 0.891. The zero-order chi connectivity index (χ0) is 20.5. The van der Waals surface area contributed by atoms with Crippen LogP contribution in [0.25, 0.3) is 11.0 Å². The molecule has 0 spiro atoms. The van der Waals surface area contributed by atoms with Gasteiger partial charge in [-0.2, -0.15) is 0 Å². The van der Waals surface area contributed by atoms with E-state index in [-0.39, 0.29) is 5.56 Å². The Bertz CT molecular complexity index is 905. The fourth-order valence-electron chi connectivity index (χ4n) is 4.01. The molecule has 3 heterocycles. The zero-order valence-corrected chi connectivity index (χ0v) is 16.6. The van der Waals surface area contributed by atoms with Crippen LogP contribution in [0.15, 0.2) is 35.3 Å². The summed E-state index contributed by atoms with van der Waals surface area (Å²) in [5, 5.41) is 20.2. The number of pyridine rings is 2. The zero-order valence-electron chi connectivity index (χ0n) is 16.6. The minimum absolute atomic E-state index is 0.0827. The van der Waals surface area contributed by atoms with Gasteiger partial charge in [0.1, 0.15) is 0 Å². The summed E-state index contributed by atoms with van der Waals surface area (Å²) >= 11 is 0. The highest BCUT2D eigenvalue weighted by Gasteiger charge is 2.39. The van der Waals surface area contributed by atoms with Gasteiger partial charge in [0, 0.05) is 44.0 Å². The summed E-state index contributed by atoms with van der Waals surface area (Å²) in [6.45, 7) is 7.63. The number of piperidine rings is 1. The van der Waals surface area contributed by atoms with E-state index in [2.05, 4.69) is 9.88 Å². The molecule has 0 radical (unpaired) electrons. The van der Waals surface area contributed by atoms with E-state index in [1.807, 2.05) is 26.8 Å². The van der Waals surface area contributed by atoms with Crippen LogP contribution in [0.2, 0.25) is 0 Å². The predicted octanol–water partition coefficient (Wildman–Crippen LogP) is 1.61. The van der Waals surface area contributed by atoms with Crippen molar-refractivity contribution in [3.8, 4) is 0 Å². The summed E-state index contributed by atoms with van der Waals surface area (Å²) in [7, 11) is 0. The van der Waals surface area contributed by atoms with Crippen molar-refractivity contribution in [1.82, 2.24) is 19.4 Å². The van der Waals surface area contributed by atoms with E-state index in [1.165, 1.54) is 11.0 Å². The van der Waals surface area contributed by atoms with Crippen molar-refractivity contribution in [3.63, 3.8) is 0 Å².